The van der Waals surface area contributed by atoms with Crippen LogP contribution in [-0.2, 0) is 17.9 Å². The Bertz CT molecular complexity index is 1250. The zero-order valence-electron chi connectivity index (χ0n) is 18.4. The lowest BCUT2D eigenvalue weighted by Gasteiger charge is -2.11. The Hall–Kier alpha value is -3.79. The molecule has 1 N–H and O–H groups in total. The van der Waals surface area contributed by atoms with Gasteiger partial charge in [-0.1, -0.05) is 54.2 Å². The van der Waals surface area contributed by atoms with E-state index >= 15 is 0 Å². The first-order valence-electron chi connectivity index (χ1n) is 10.6. The van der Waals surface area contributed by atoms with Crippen LogP contribution >= 0.6 is 11.8 Å². The van der Waals surface area contributed by atoms with E-state index in [4.69, 9.17) is 0 Å². The molecule has 1 aromatic heterocycles. The summed E-state index contributed by atoms with van der Waals surface area (Å²) in [5, 5.41) is 11.9. The molecule has 35 heavy (non-hydrogen) atoms. The van der Waals surface area contributed by atoms with Crippen LogP contribution in [0, 0.1) is 5.82 Å². The summed E-state index contributed by atoms with van der Waals surface area (Å²) in [4.78, 5) is 12.4. The van der Waals surface area contributed by atoms with Gasteiger partial charge in [0.05, 0.1) is 12.3 Å². The number of carbonyl (C=O) groups is 1. The fourth-order valence-corrected chi connectivity index (χ4v) is 4.05. The first-order valence-corrected chi connectivity index (χ1v) is 11.6. The van der Waals surface area contributed by atoms with Gasteiger partial charge < -0.3 is 10.1 Å². The normalized spacial score (nSPS) is 11.0. The number of nitrogens with one attached hydrogen (secondary N) is 1. The van der Waals surface area contributed by atoms with E-state index in [0.29, 0.717) is 23.1 Å². The van der Waals surface area contributed by atoms with Gasteiger partial charge in [-0.25, -0.2) is 4.39 Å². The van der Waals surface area contributed by atoms with Crippen LogP contribution in [0.1, 0.15) is 11.1 Å². The Labute approximate surface area is 204 Å². The highest BCUT2D eigenvalue weighted by Gasteiger charge is 2.16. The Morgan fingerprint density at radius 3 is 2.34 bits per heavy atom. The van der Waals surface area contributed by atoms with E-state index in [1.165, 1.54) is 36.0 Å². The lowest BCUT2D eigenvalue weighted by Crippen LogP contribution is -2.24. The van der Waals surface area contributed by atoms with Gasteiger partial charge in [0.1, 0.15) is 11.6 Å². The number of benzene rings is 3. The smallest absolute Gasteiger partial charge is 0.387 e. The molecule has 4 aromatic rings. The van der Waals surface area contributed by atoms with E-state index in [1.807, 2.05) is 34.9 Å². The topological polar surface area (TPSA) is 69.0 Å². The number of alkyl halides is 2. The SMILES string of the molecule is O=C(CSc1nnc(-c2ccc(F)cc2)n1Cc1ccccc1)NCc1ccc(OC(F)F)cc1. The first kappa shape index (κ1) is 24.3. The number of aromatic nitrogens is 3. The Morgan fingerprint density at radius 2 is 1.66 bits per heavy atom. The van der Waals surface area contributed by atoms with Gasteiger partial charge in [-0.05, 0) is 47.5 Å². The molecule has 0 bridgehead atoms. The zero-order valence-corrected chi connectivity index (χ0v) is 19.2. The number of halogens is 3. The zero-order chi connectivity index (χ0) is 24.6. The lowest BCUT2D eigenvalue weighted by molar-refractivity contribution is -0.118. The first-order chi connectivity index (χ1) is 17.0. The van der Waals surface area contributed by atoms with Crippen molar-refractivity contribution in [1.29, 1.82) is 0 Å². The second kappa shape index (κ2) is 11.6. The molecule has 180 valence electrons. The summed E-state index contributed by atoms with van der Waals surface area (Å²) < 4.78 is 44.1. The summed E-state index contributed by atoms with van der Waals surface area (Å²) in [5.74, 6) is 0.164. The van der Waals surface area contributed by atoms with Crippen LogP contribution in [-0.4, -0.2) is 33.0 Å². The Kier molecular flexibility index (Phi) is 8.04. The maximum Gasteiger partial charge on any atom is 0.387 e. The molecule has 0 saturated carbocycles. The van der Waals surface area contributed by atoms with Crippen LogP contribution in [0.4, 0.5) is 13.2 Å². The molecule has 0 spiro atoms. The Morgan fingerprint density at radius 1 is 0.943 bits per heavy atom. The van der Waals surface area contributed by atoms with E-state index < -0.39 is 6.61 Å². The summed E-state index contributed by atoms with van der Waals surface area (Å²) in [6.45, 7) is -2.16. The molecule has 0 radical (unpaired) electrons. The van der Waals surface area contributed by atoms with Crippen molar-refractivity contribution in [3.05, 3.63) is 95.8 Å². The summed E-state index contributed by atoms with van der Waals surface area (Å²) in [6.07, 6.45) is 0. The van der Waals surface area contributed by atoms with Crippen LogP contribution in [0.25, 0.3) is 11.4 Å². The van der Waals surface area contributed by atoms with Gasteiger partial charge in [0, 0.05) is 12.1 Å². The van der Waals surface area contributed by atoms with Gasteiger partial charge in [-0.3, -0.25) is 9.36 Å². The standard InChI is InChI=1S/C25H21F3N4O2S/c26-20-10-8-19(9-11-20)23-30-31-25(32(23)15-18-4-2-1-3-5-18)35-16-22(33)29-14-17-6-12-21(13-7-17)34-24(27)28/h1-13,24H,14-16H2,(H,29,33). The summed E-state index contributed by atoms with van der Waals surface area (Å²) in [7, 11) is 0. The highest BCUT2D eigenvalue weighted by molar-refractivity contribution is 7.99. The van der Waals surface area contributed by atoms with E-state index in [0.717, 1.165) is 11.1 Å². The van der Waals surface area contributed by atoms with E-state index in [9.17, 15) is 18.0 Å². The van der Waals surface area contributed by atoms with Gasteiger partial charge in [-0.2, -0.15) is 8.78 Å². The predicted molar refractivity (Wildman–Crippen MR) is 127 cm³/mol. The van der Waals surface area contributed by atoms with Crippen LogP contribution < -0.4 is 10.1 Å². The molecule has 0 atom stereocenters. The predicted octanol–water partition coefficient (Wildman–Crippen LogP) is 5.14. The van der Waals surface area contributed by atoms with E-state index in [2.05, 4.69) is 20.3 Å². The van der Waals surface area contributed by atoms with Crippen molar-refractivity contribution in [2.24, 2.45) is 0 Å². The third-order valence-corrected chi connectivity index (χ3v) is 5.94. The third-order valence-electron chi connectivity index (χ3n) is 4.97. The second-order valence-corrected chi connectivity index (χ2v) is 8.42. The number of hydrogen-bond acceptors (Lipinski definition) is 5. The average Bonchev–Trinajstić information content (AvgIpc) is 3.25. The molecular weight excluding hydrogens is 477 g/mol. The number of nitrogens with zero attached hydrogens (tertiary/aromatic N) is 3. The van der Waals surface area contributed by atoms with Crippen molar-refractivity contribution in [3.63, 3.8) is 0 Å². The molecule has 4 rings (SSSR count). The molecular formula is C25H21F3N4O2S. The number of ether oxygens (including phenoxy) is 1. The van der Waals surface area contributed by atoms with Gasteiger partial charge >= 0.3 is 6.61 Å². The van der Waals surface area contributed by atoms with Crippen molar-refractivity contribution >= 4 is 17.7 Å². The monoisotopic (exact) mass is 498 g/mol. The van der Waals surface area contributed by atoms with E-state index in [1.54, 1.807) is 24.3 Å². The molecule has 10 heteroatoms. The van der Waals surface area contributed by atoms with Crippen molar-refractivity contribution in [1.82, 2.24) is 20.1 Å². The van der Waals surface area contributed by atoms with Gasteiger partial charge in [0.25, 0.3) is 0 Å². The van der Waals surface area contributed by atoms with Crippen LogP contribution in [0.5, 0.6) is 5.75 Å². The molecule has 0 aliphatic heterocycles. The quantitative estimate of drug-likeness (QED) is 0.307. The summed E-state index contributed by atoms with van der Waals surface area (Å²) in [5.41, 5.74) is 2.49. The second-order valence-electron chi connectivity index (χ2n) is 7.47. The van der Waals surface area contributed by atoms with Crippen molar-refractivity contribution in [3.8, 4) is 17.1 Å². The van der Waals surface area contributed by atoms with E-state index in [-0.39, 0.29) is 29.8 Å². The maximum absolute atomic E-state index is 13.4. The van der Waals surface area contributed by atoms with Gasteiger partial charge in [0.2, 0.25) is 5.91 Å². The molecule has 6 nitrogen and oxygen atoms in total. The summed E-state index contributed by atoms with van der Waals surface area (Å²) >= 11 is 1.24. The highest BCUT2D eigenvalue weighted by Crippen LogP contribution is 2.25. The van der Waals surface area contributed by atoms with Crippen molar-refractivity contribution in [2.45, 2.75) is 24.9 Å². The number of thioether (sulfide) groups is 1. The number of rotatable bonds is 10. The van der Waals surface area contributed by atoms with Gasteiger partial charge in [-0.15, -0.1) is 10.2 Å². The minimum Gasteiger partial charge on any atom is -0.435 e. The van der Waals surface area contributed by atoms with Crippen molar-refractivity contribution < 1.29 is 22.7 Å². The van der Waals surface area contributed by atoms with Crippen LogP contribution in [0.3, 0.4) is 0 Å². The van der Waals surface area contributed by atoms with Gasteiger partial charge in [0.15, 0.2) is 11.0 Å². The molecule has 0 fully saturated rings. The maximum atomic E-state index is 13.4. The molecule has 0 aliphatic rings. The fraction of sp³-hybridized carbons (Fsp3) is 0.160. The van der Waals surface area contributed by atoms with Crippen LogP contribution in [0.2, 0.25) is 0 Å². The minimum absolute atomic E-state index is 0.0559. The Balaban J connectivity index is 1.41. The molecule has 3 aromatic carbocycles. The average molecular weight is 499 g/mol. The minimum atomic E-state index is -2.88. The molecule has 1 heterocycles. The molecule has 0 unspecified atom stereocenters. The van der Waals surface area contributed by atoms with Crippen LogP contribution in [0.15, 0.2) is 84.0 Å². The highest BCUT2D eigenvalue weighted by atomic mass is 32.2. The number of carbonyl (C=O) groups excluding carboxylic acids is 1. The molecule has 0 saturated heterocycles. The largest absolute Gasteiger partial charge is 0.435 e. The summed E-state index contributed by atoms with van der Waals surface area (Å²) in [6, 6.07) is 21.8. The number of amides is 1. The van der Waals surface area contributed by atoms with Crippen molar-refractivity contribution in [2.75, 3.05) is 5.75 Å². The third kappa shape index (κ3) is 6.86. The fourth-order valence-electron chi connectivity index (χ4n) is 3.29. The lowest BCUT2D eigenvalue weighted by atomic mass is 10.2. The molecule has 1 amide bonds. The number of hydrogen-bond donors (Lipinski definition) is 1. The molecule has 0 aliphatic carbocycles.